The van der Waals surface area contributed by atoms with Crippen LogP contribution in [0.1, 0.15) is 47.4 Å². The molecular formula is C19H29N3O3. The van der Waals surface area contributed by atoms with E-state index < -0.39 is 5.91 Å². The molecule has 0 atom stereocenters. The third kappa shape index (κ3) is 5.28. The number of piperidine rings is 1. The fraction of sp³-hybridized carbons (Fsp3) is 0.579. The van der Waals surface area contributed by atoms with Gasteiger partial charge in [-0.15, -0.1) is 0 Å². The Morgan fingerprint density at radius 1 is 1.20 bits per heavy atom. The zero-order valence-corrected chi connectivity index (χ0v) is 15.1. The summed E-state index contributed by atoms with van der Waals surface area (Å²) in [5.74, 6) is 0.0678. The van der Waals surface area contributed by atoms with E-state index in [4.69, 9.17) is 5.73 Å². The van der Waals surface area contributed by atoms with Crippen LogP contribution in [0.2, 0.25) is 0 Å². The highest BCUT2D eigenvalue weighted by Gasteiger charge is 2.25. The number of hydrogen-bond donors (Lipinski definition) is 2. The number of carbonyl (C=O) groups is 2. The van der Waals surface area contributed by atoms with Crippen LogP contribution >= 0.6 is 0 Å². The number of amides is 2. The summed E-state index contributed by atoms with van der Waals surface area (Å²) in [6.07, 6.45) is 1.94. The summed E-state index contributed by atoms with van der Waals surface area (Å²) in [6, 6.07) is 6.93. The van der Waals surface area contributed by atoms with Crippen molar-refractivity contribution in [1.82, 2.24) is 9.80 Å². The molecule has 2 amide bonds. The number of hydrogen-bond acceptors (Lipinski definition) is 4. The molecular weight excluding hydrogens is 318 g/mol. The van der Waals surface area contributed by atoms with Gasteiger partial charge in [0.15, 0.2) is 0 Å². The van der Waals surface area contributed by atoms with Crippen molar-refractivity contribution in [3.63, 3.8) is 0 Å². The number of aliphatic hydroxyl groups excluding tert-OH is 1. The summed E-state index contributed by atoms with van der Waals surface area (Å²) >= 11 is 0. The maximum atomic E-state index is 12.6. The van der Waals surface area contributed by atoms with Crippen molar-refractivity contribution in [2.75, 3.05) is 32.8 Å². The minimum atomic E-state index is -0.489. The lowest BCUT2D eigenvalue weighted by Crippen LogP contribution is -2.43. The molecule has 1 aromatic carbocycles. The van der Waals surface area contributed by atoms with Gasteiger partial charge in [0.1, 0.15) is 0 Å². The first kappa shape index (κ1) is 19.4. The molecule has 1 saturated heterocycles. The van der Waals surface area contributed by atoms with E-state index in [1.54, 1.807) is 24.3 Å². The molecule has 0 aromatic heterocycles. The van der Waals surface area contributed by atoms with Crippen molar-refractivity contribution in [1.29, 1.82) is 0 Å². The van der Waals surface area contributed by atoms with E-state index in [2.05, 4.69) is 18.7 Å². The lowest BCUT2D eigenvalue weighted by Gasteiger charge is -2.36. The van der Waals surface area contributed by atoms with Crippen LogP contribution in [0, 0.1) is 5.92 Å². The maximum absolute atomic E-state index is 12.6. The number of aliphatic hydroxyl groups is 1. The molecule has 1 aromatic rings. The van der Waals surface area contributed by atoms with Gasteiger partial charge in [0, 0.05) is 43.3 Å². The lowest BCUT2D eigenvalue weighted by atomic mass is 9.95. The zero-order chi connectivity index (χ0) is 18.4. The Bertz CT molecular complexity index is 578. The van der Waals surface area contributed by atoms with Crippen LogP contribution in [0.15, 0.2) is 24.3 Å². The van der Waals surface area contributed by atoms with Gasteiger partial charge in [-0.3, -0.25) is 14.5 Å². The molecule has 0 bridgehead atoms. The van der Waals surface area contributed by atoms with Crippen LogP contribution in [0.5, 0.6) is 0 Å². The molecule has 6 heteroatoms. The van der Waals surface area contributed by atoms with E-state index in [1.807, 2.05) is 4.90 Å². The summed E-state index contributed by atoms with van der Waals surface area (Å²) in [7, 11) is 0. The minimum absolute atomic E-state index is 0.00513. The number of nitrogens with two attached hydrogens (primary N) is 1. The number of nitrogens with zero attached hydrogens (tertiary/aromatic N) is 2. The summed E-state index contributed by atoms with van der Waals surface area (Å²) in [5.41, 5.74) is 6.23. The summed E-state index contributed by atoms with van der Waals surface area (Å²) in [5, 5.41) is 9.19. The highest BCUT2D eigenvalue weighted by Crippen LogP contribution is 2.21. The molecule has 0 radical (unpaired) electrons. The van der Waals surface area contributed by atoms with Crippen molar-refractivity contribution in [2.45, 2.75) is 32.7 Å². The van der Waals surface area contributed by atoms with E-state index in [0.29, 0.717) is 29.6 Å². The Labute approximate surface area is 149 Å². The smallest absolute Gasteiger partial charge is 0.253 e. The van der Waals surface area contributed by atoms with Gasteiger partial charge >= 0.3 is 0 Å². The van der Waals surface area contributed by atoms with Crippen molar-refractivity contribution in [3.05, 3.63) is 35.4 Å². The number of rotatable bonds is 7. The Morgan fingerprint density at radius 2 is 1.76 bits per heavy atom. The molecule has 138 valence electrons. The predicted octanol–water partition coefficient (Wildman–Crippen LogP) is 1.34. The largest absolute Gasteiger partial charge is 0.395 e. The molecule has 0 spiro atoms. The molecule has 0 unspecified atom stereocenters. The topological polar surface area (TPSA) is 86.9 Å². The summed E-state index contributed by atoms with van der Waals surface area (Å²) < 4.78 is 0. The molecule has 1 heterocycles. The van der Waals surface area contributed by atoms with Crippen LogP contribution in [0.3, 0.4) is 0 Å². The average Bonchev–Trinajstić information content (AvgIpc) is 2.61. The van der Waals surface area contributed by atoms with E-state index in [0.717, 1.165) is 32.5 Å². The molecule has 1 aliphatic rings. The third-order valence-electron chi connectivity index (χ3n) is 4.93. The standard InChI is InChI=1S/C19H29N3O3/c1-14(2)22(11-12-23)13-15-7-9-21(10-8-15)19(25)17-5-3-16(4-6-17)18(20)24/h3-6,14-15,23H,7-13H2,1-2H3,(H2,20,24). The molecule has 3 N–H and O–H groups in total. The van der Waals surface area contributed by atoms with Crippen molar-refractivity contribution < 1.29 is 14.7 Å². The van der Waals surface area contributed by atoms with Gasteiger partial charge in [-0.1, -0.05) is 0 Å². The third-order valence-corrected chi connectivity index (χ3v) is 4.93. The number of primary amides is 1. The lowest BCUT2D eigenvalue weighted by molar-refractivity contribution is 0.0644. The van der Waals surface area contributed by atoms with Gasteiger partial charge in [0.05, 0.1) is 6.61 Å². The first-order valence-electron chi connectivity index (χ1n) is 8.96. The quantitative estimate of drug-likeness (QED) is 0.779. The van der Waals surface area contributed by atoms with Gasteiger partial charge in [-0.25, -0.2) is 0 Å². The van der Waals surface area contributed by atoms with Gasteiger partial charge < -0.3 is 15.7 Å². The normalized spacial score (nSPS) is 15.8. The second-order valence-corrected chi connectivity index (χ2v) is 6.99. The second kappa shape index (κ2) is 8.97. The Balaban J connectivity index is 1.88. The average molecular weight is 347 g/mol. The molecule has 0 saturated carbocycles. The van der Waals surface area contributed by atoms with Crippen LogP contribution in [0.25, 0.3) is 0 Å². The van der Waals surface area contributed by atoms with Gasteiger partial charge in [0.25, 0.3) is 5.91 Å². The van der Waals surface area contributed by atoms with E-state index in [1.165, 1.54) is 0 Å². The zero-order valence-electron chi connectivity index (χ0n) is 15.1. The number of benzene rings is 1. The van der Waals surface area contributed by atoms with E-state index >= 15 is 0 Å². The SMILES string of the molecule is CC(C)N(CCO)CC1CCN(C(=O)c2ccc(C(N)=O)cc2)CC1. The van der Waals surface area contributed by atoms with Crippen molar-refractivity contribution >= 4 is 11.8 Å². The van der Waals surface area contributed by atoms with Gasteiger partial charge in [-0.2, -0.15) is 0 Å². The second-order valence-electron chi connectivity index (χ2n) is 6.99. The van der Waals surface area contributed by atoms with Crippen molar-refractivity contribution in [3.8, 4) is 0 Å². The molecule has 1 aliphatic heterocycles. The fourth-order valence-electron chi connectivity index (χ4n) is 3.30. The highest BCUT2D eigenvalue weighted by molar-refractivity contribution is 5.97. The van der Waals surface area contributed by atoms with Crippen molar-refractivity contribution in [2.24, 2.45) is 11.7 Å². The first-order valence-corrected chi connectivity index (χ1v) is 8.96. The van der Waals surface area contributed by atoms with E-state index in [-0.39, 0.29) is 12.5 Å². The Hall–Kier alpha value is -1.92. The Kier molecular flexibility index (Phi) is 6.96. The summed E-state index contributed by atoms with van der Waals surface area (Å²) in [6.45, 7) is 7.61. The van der Waals surface area contributed by atoms with Crippen LogP contribution < -0.4 is 5.73 Å². The van der Waals surface area contributed by atoms with Crippen LogP contribution in [-0.2, 0) is 0 Å². The predicted molar refractivity (Wildman–Crippen MR) is 97.4 cm³/mol. The molecule has 1 fully saturated rings. The Morgan fingerprint density at radius 3 is 2.24 bits per heavy atom. The highest BCUT2D eigenvalue weighted by atomic mass is 16.3. The van der Waals surface area contributed by atoms with Crippen LogP contribution in [0.4, 0.5) is 0 Å². The number of likely N-dealkylation sites (tertiary alicyclic amines) is 1. The molecule has 25 heavy (non-hydrogen) atoms. The number of carbonyl (C=O) groups excluding carboxylic acids is 2. The first-order chi connectivity index (χ1) is 11.9. The minimum Gasteiger partial charge on any atom is -0.395 e. The molecule has 6 nitrogen and oxygen atoms in total. The molecule has 2 rings (SSSR count). The monoisotopic (exact) mass is 347 g/mol. The van der Waals surface area contributed by atoms with Gasteiger partial charge in [-0.05, 0) is 56.9 Å². The summed E-state index contributed by atoms with van der Waals surface area (Å²) in [4.78, 5) is 27.9. The van der Waals surface area contributed by atoms with Gasteiger partial charge in [0.2, 0.25) is 5.91 Å². The van der Waals surface area contributed by atoms with E-state index in [9.17, 15) is 14.7 Å². The molecule has 0 aliphatic carbocycles. The fourth-order valence-corrected chi connectivity index (χ4v) is 3.30. The maximum Gasteiger partial charge on any atom is 0.253 e. The van der Waals surface area contributed by atoms with Crippen LogP contribution in [-0.4, -0.2) is 65.5 Å².